The molecule has 1 aromatic heterocycles. The fourth-order valence-electron chi connectivity index (χ4n) is 3.14. The molecule has 1 amide bonds. The number of anilines is 1. The third-order valence-corrected chi connectivity index (χ3v) is 4.89. The highest BCUT2D eigenvalue weighted by molar-refractivity contribution is 5.92. The fourth-order valence-corrected chi connectivity index (χ4v) is 3.14. The van der Waals surface area contributed by atoms with Crippen molar-refractivity contribution in [2.24, 2.45) is 11.8 Å². The molecule has 0 radical (unpaired) electrons. The molecule has 5 heteroatoms. The van der Waals surface area contributed by atoms with E-state index >= 15 is 0 Å². The van der Waals surface area contributed by atoms with Crippen LogP contribution in [0, 0.1) is 11.8 Å². The molecule has 2 aliphatic rings. The van der Waals surface area contributed by atoms with Crippen LogP contribution < -0.4 is 4.90 Å². The van der Waals surface area contributed by atoms with E-state index in [0.29, 0.717) is 11.6 Å². The van der Waals surface area contributed by atoms with E-state index in [4.69, 9.17) is 0 Å². The maximum Gasteiger partial charge on any atom is 0.274 e. The van der Waals surface area contributed by atoms with Crippen molar-refractivity contribution in [1.82, 2.24) is 15.1 Å². The number of nitrogens with zero attached hydrogens (tertiary/aromatic N) is 4. The molecular weight excluding hydrogens is 276 g/mol. The summed E-state index contributed by atoms with van der Waals surface area (Å²) in [6.45, 7) is 9.30. The van der Waals surface area contributed by atoms with Crippen molar-refractivity contribution in [2.45, 2.75) is 46.1 Å². The lowest BCUT2D eigenvalue weighted by Gasteiger charge is -2.26. The Balaban J connectivity index is 1.69. The highest BCUT2D eigenvalue weighted by Crippen LogP contribution is 2.38. The largest absolute Gasteiger partial charge is 0.355 e. The van der Waals surface area contributed by atoms with Crippen LogP contribution in [0.2, 0.25) is 0 Å². The van der Waals surface area contributed by atoms with Crippen molar-refractivity contribution < 1.29 is 4.79 Å². The quantitative estimate of drug-likeness (QED) is 0.839. The molecule has 1 aliphatic carbocycles. The summed E-state index contributed by atoms with van der Waals surface area (Å²) in [6, 6.07) is 3.96. The number of hydrogen-bond acceptors (Lipinski definition) is 4. The van der Waals surface area contributed by atoms with Crippen LogP contribution in [0.3, 0.4) is 0 Å². The Morgan fingerprint density at radius 1 is 1.32 bits per heavy atom. The van der Waals surface area contributed by atoms with Crippen LogP contribution in [-0.4, -0.2) is 46.7 Å². The number of carbonyl (C=O) groups excluding carboxylic acids is 1. The smallest absolute Gasteiger partial charge is 0.274 e. The van der Waals surface area contributed by atoms with Gasteiger partial charge in [-0.1, -0.05) is 6.92 Å². The molecule has 0 spiro atoms. The van der Waals surface area contributed by atoms with Gasteiger partial charge in [0.25, 0.3) is 5.91 Å². The van der Waals surface area contributed by atoms with E-state index in [1.165, 1.54) is 19.3 Å². The molecule has 0 aromatic carbocycles. The van der Waals surface area contributed by atoms with Gasteiger partial charge in [0.05, 0.1) is 0 Å². The zero-order valence-corrected chi connectivity index (χ0v) is 13.8. The van der Waals surface area contributed by atoms with E-state index in [1.807, 2.05) is 17.0 Å². The maximum atomic E-state index is 12.7. The van der Waals surface area contributed by atoms with Crippen molar-refractivity contribution in [3.63, 3.8) is 0 Å². The summed E-state index contributed by atoms with van der Waals surface area (Å²) in [5, 5.41) is 8.45. The Morgan fingerprint density at radius 3 is 2.50 bits per heavy atom. The second-order valence-corrected chi connectivity index (χ2v) is 7.00. The predicted molar refractivity (Wildman–Crippen MR) is 86.9 cm³/mol. The van der Waals surface area contributed by atoms with E-state index in [-0.39, 0.29) is 11.9 Å². The van der Waals surface area contributed by atoms with Crippen molar-refractivity contribution in [2.75, 3.05) is 24.5 Å². The third kappa shape index (κ3) is 3.23. The average Bonchev–Trinajstić information content (AvgIpc) is 2.99. The first-order chi connectivity index (χ1) is 10.6. The molecule has 2 fully saturated rings. The minimum Gasteiger partial charge on any atom is -0.355 e. The zero-order chi connectivity index (χ0) is 15.7. The standard InChI is InChI=1S/C17H26N4O/c1-12(2)21(11-14-10-13(14)3)17(22)15-6-7-16(19-18-15)20-8-4-5-9-20/h6-7,12-14H,4-5,8-11H2,1-3H3/t13-,14+/m1/s1. The van der Waals surface area contributed by atoms with Crippen molar-refractivity contribution in [1.29, 1.82) is 0 Å². The van der Waals surface area contributed by atoms with Gasteiger partial charge in [-0.3, -0.25) is 4.79 Å². The van der Waals surface area contributed by atoms with Crippen LogP contribution >= 0.6 is 0 Å². The molecule has 5 nitrogen and oxygen atoms in total. The van der Waals surface area contributed by atoms with E-state index in [9.17, 15) is 4.79 Å². The van der Waals surface area contributed by atoms with Gasteiger partial charge in [0, 0.05) is 25.7 Å². The van der Waals surface area contributed by atoms with Crippen LogP contribution in [0.1, 0.15) is 50.5 Å². The number of hydrogen-bond donors (Lipinski definition) is 0. The van der Waals surface area contributed by atoms with Crippen LogP contribution in [0.15, 0.2) is 12.1 Å². The van der Waals surface area contributed by atoms with Crippen LogP contribution in [0.25, 0.3) is 0 Å². The summed E-state index contributed by atoms with van der Waals surface area (Å²) in [7, 11) is 0. The lowest BCUT2D eigenvalue weighted by atomic mass is 10.2. The van der Waals surface area contributed by atoms with Gasteiger partial charge in [0.1, 0.15) is 0 Å². The molecule has 0 bridgehead atoms. The zero-order valence-electron chi connectivity index (χ0n) is 13.8. The predicted octanol–water partition coefficient (Wildman–Crippen LogP) is 2.58. The summed E-state index contributed by atoms with van der Waals surface area (Å²) in [4.78, 5) is 16.9. The molecule has 1 aromatic rings. The fraction of sp³-hybridized carbons (Fsp3) is 0.706. The molecule has 0 N–H and O–H groups in total. The first-order valence-electron chi connectivity index (χ1n) is 8.46. The van der Waals surface area contributed by atoms with Gasteiger partial charge in [-0.05, 0) is 57.1 Å². The summed E-state index contributed by atoms with van der Waals surface area (Å²) >= 11 is 0. The average molecular weight is 302 g/mol. The summed E-state index contributed by atoms with van der Waals surface area (Å²) in [5.41, 5.74) is 0.463. The van der Waals surface area contributed by atoms with E-state index < -0.39 is 0 Å². The number of rotatable bonds is 5. The number of aromatic nitrogens is 2. The Hall–Kier alpha value is -1.65. The van der Waals surface area contributed by atoms with Gasteiger partial charge in [-0.25, -0.2) is 0 Å². The first kappa shape index (κ1) is 15.3. The second-order valence-electron chi connectivity index (χ2n) is 7.00. The second kappa shape index (κ2) is 6.23. The third-order valence-electron chi connectivity index (χ3n) is 4.89. The first-order valence-corrected chi connectivity index (χ1v) is 8.46. The lowest BCUT2D eigenvalue weighted by Crippen LogP contribution is -2.39. The molecule has 22 heavy (non-hydrogen) atoms. The normalized spacial score (nSPS) is 23.9. The van der Waals surface area contributed by atoms with Gasteiger partial charge in [0.2, 0.25) is 0 Å². The summed E-state index contributed by atoms with van der Waals surface area (Å²) < 4.78 is 0. The Labute approximate surface area is 132 Å². The lowest BCUT2D eigenvalue weighted by molar-refractivity contribution is 0.0686. The highest BCUT2D eigenvalue weighted by Gasteiger charge is 2.36. The highest BCUT2D eigenvalue weighted by atomic mass is 16.2. The monoisotopic (exact) mass is 302 g/mol. The molecule has 2 atom stereocenters. The van der Waals surface area contributed by atoms with E-state index in [1.54, 1.807) is 0 Å². The Kier molecular flexibility index (Phi) is 4.32. The minimum absolute atomic E-state index is 0.00886. The Bertz CT molecular complexity index is 522. The van der Waals surface area contributed by atoms with Crippen LogP contribution in [0.5, 0.6) is 0 Å². The molecule has 1 saturated carbocycles. The maximum absolute atomic E-state index is 12.7. The number of amides is 1. The molecule has 120 valence electrons. The van der Waals surface area contributed by atoms with E-state index in [2.05, 4.69) is 35.9 Å². The SMILES string of the molecule is CC(C)N(C[C@@H]1C[C@H]1C)C(=O)c1ccc(N2CCCC2)nn1. The topological polar surface area (TPSA) is 49.3 Å². The van der Waals surface area contributed by atoms with Crippen molar-refractivity contribution in [3.8, 4) is 0 Å². The van der Waals surface area contributed by atoms with Gasteiger partial charge < -0.3 is 9.80 Å². The number of carbonyl (C=O) groups is 1. The Morgan fingerprint density at radius 2 is 2.00 bits per heavy atom. The summed E-state index contributed by atoms with van der Waals surface area (Å²) in [5.74, 6) is 2.30. The van der Waals surface area contributed by atoms with Gasteiger partial charge >= 0.3 is 0 Å². The van der Waals surface area contributed by atoms with Crippen LogP contribution in [0.4, 0.5) is 5.82 Å². The molecule has 0 unspecified atom stereocenters. The molecule has 3 rings (SSSR count). The molecule has 1 aliphatic heterocycles. The van der Waals surface area contributed by atoms with Gasteiger partial charge in [-0.2, -0.15) is 0 Å². The summed E-state index contributed by atoms with van der Waals surface area (Å²) in [6.07, 6.45) is 3.65. The van der Waals surface area contributed by atoms with Gasteiger partial charge in [0.15, 0.2) is 11.5 Å². The van der Waals surface area contributed by atoms with Crippen molar-refractivity contribution in [3.05, 3.63) is 17.8 Å². The molecule has 1 saturated heterocycles. The van der Waals surface area contributed by atoms with Crippen molar-refractivity contribution >= 4 is 11.7 Å². The minimum atomic E-state index is 0.00886. The molecule has 2 heterocycles. The van der Waals surface area contributed by atoms with E-state index in [0.717, 1.165) is 31.4 Å². The van der Waals surface area contributed by atoms with Gasteiger partial charge in [-0.15, -0.1) is 10.2 Å². The molecular formula is C17H26N4O. The van der Waals surface area contributed by atoms with Crippen LogP contribution in [-0.2, 0) is 0 Å².